The Morgan fingerprint density at radius 1 is 0.652 bits per heavy atom. The fourth-order valence-electron chi connectivity index (χ4n) is 2.64. The Morgan fingerprint density at radius 3 is 1.43 bits per heavy atom. The van der Waals surface area contributed by atoms with Crippen molar-refractivity contribution in [2.75, 3.05) is 7.11 Å². The van der Waals surface area contributed by atoms with Crippen molar-refractivity contribution in [1.29, 1.82) is 0 Å². The summed E-state index contributed by atoms with van der Waals surface area (Å²) < 4.78 is 36.1. The van der Waals surface area contributed by atoms with E-state index in [1.165, 1.54) is 0 Å². The third kappa shape index (κ3) is 12.1. The molecule has 12 heteroatoms. The van der Waals surface area contributed by atoms with Crippen LogP contribution in [0.4, 0.5) is 0 Å². The summed E-state index contributed by atoms with van der Waals surface area (Å²) in [5.74, 6) is 0. The Hall–Kier alpha value is 1.06. The van der Waals surface area contributed by atoms with Crippen molar-refractivity contribution in [3.8, 4) is 0 Å². The fraction of sp³-hybridized carbons (Fsp3) is 1.00. The smallest absolute Gasteiger partial charge is 0.314 e. The molecule has 6 nitrogen and oxygen atoms in total. The molecule has 0 bridgehead atoms. The highest BCUT2D eigenvalue weighted by molar-refractivity contribution is 6.88. The molecule has 0 fully saturated rings. The summed E-state index contributed by atoms with van der Waals surface area (Å²) in [7, 11) is -9.45. The lowest BCUT2D eigenvalue weighted by Gasteiger charge is -2.40. The van der Waals surface area contributed by atoms with Gasteiger partial charge in [-0.05, 0) is 65.5 Å². The molecule has 0 aliphatic carbocycles. The number of hydrogen-bond donors (Lipinski definition) is 0. The number of hydrogen-bond acceptors (Lipinski definition) is 6. The van der Waals surface area contributed by atoms with E-state index in [1.54, 1.807) is 7.11 Å². The zero-order chi connectivity index (χ0) is 18.5. The summed E-state index contributed by atoms with van der Waals surface area (Å²) in [5, 5.41) is 0. The second-order valence-electron chi connectivity index (χ2n) is 7.62. The molecule has 0 aromatic heterocycles. The maximum absolute atomic E-state index is 6.39. The minimum atomic E-state index is -2.35. The molecule has 0 spiro atoms. The van der Waals surface area contributed by atoms with Gasteiger partial charge in [0.1, 0.15) is 0 Å². The van der Waals surface area contributed by atoms with Crippen LogP contribution in [-0.4, -0.2) is 60.4 Å². The lowest BCUT2D eigenvalue weighted by molar-refractivity contribution is 0.274. The van der Waals surface area contributed by atoms with E-state index in [-0.39, 0.29) is 0 Å². The molecule has 0 atom stereocenters. The quantitative estimate of drug-likeness (QED) is 0.468. The van der Waals surface area contributed by atoms with E-state index < -0.39 is 53.3 Å². The minimum Gasteiger partial charge on any atom is -0.440 e. The molecule has 0 aromatic rings. The zero-order valence-corrected chi connectivity index (χ0v) is 23.3. The van der Waals surface area contributed by atoms with Crippen molar-refractivity contribution in [2.24, 2.45) is 0 Å². The lowest BCUT2D eigenvalue weighted by atomic mass is 11.8. The van der Waals surface area contributed by atoms with Crippen LogP contribution in [0.2, 0.25) is 65.5 Å². The summed E-state index contributed by atoms with van der Waals surface area (Å²) in [5.41, 5.74) is 0. The van der Waals surface area contributed by atoms with E-state index >= 15 is 0 Å². The first-order chi connectivity index (χ1) is 10.1. The molecule has 0 N–H and O–H groups in total. The molecule has 0 saturated heterocycles. The van der Waals surface area contributed by atoms with Gasteiger partial charge in [-0.1, -0.05) is 0 Å². The van der Waals surface area contributed by atoms with E-state index in [0.717, 1.165) is 0 Å². The maximum atomic E-state index is 6.39. The van der Waals surface area contributed by atoms with Gasteiger partial charge in [-0.15, -0.1) is 0 Å². The van der Waals surface area contributed by atoms with Crippen molar-refractivity contribution in [2.45, 2.75) is 65.5 Å². The molecule has 0 aliphatic heterocycles. The number of rotatable bonds is 11. The molecule has 0 rings (SSSR count). The van der Waals surface area contributed by atoms with Crippen molar-refractivity contribution in [1.82, 2.24) is 0 Å². The molecule has 0 unspecified atom stereocenters. The highest BCUT2D eigenvalue weighted by atomic mass is 28.5. The summed E-state index contributed by atoms with van der Waals surface area (Å²) >= 11 is 0. The van der Waals surface area contributed by atoms with Gasteiger partial charge >= 0.3 is 34.2 Å². The first kappa shape index (κ1) is 24.1. The van der Waals surface area contributed by atoms with Gasteiger partial charge in [-0.3, -0.25) is 0 Å². The average Bonchev–Trinajstić information content (AvgIpc) is 2.18. The lowest BCUT2D eigenvalue weighted by Crippen LogP contribution is -2.58. The second kappa shape index (κ2) is 9.13. The summed E-state index contributed by atoms with van der Waals surface area (Å²) in [6, 6.07) is 0. The highest BCUT2D eigenvalue weighted by Gasteiger charge is 2.44. The predicted molar refractivity (Wildman–Crippen MR) is 110 cm³/mol. The van der Waals surface area contributed by atoms with Crippen LogP contribution in [0.5, 0.6) is 0 Å². The van der Waals surface area contributed by atoms with Crippen LogP contribution in [0, 0.1) is 0 Å². The molecular formula is C11H36O6Si6. The summed E-state index contributed by atoms with van der Waals surface area (Å²) in [6.45, 7) is 20.9. The Kier molecular flexibility index (Phi) is 9.55. The van der Waals surface area contributed by atoms with Gasteiger partial charge in [0.15, 0.2) is 9.04 Å². The summed E-state index contributed by atoms with van der Waals surface area (Å²) in [4.78, 5) is 0. The van der Waals surface area contributed by atoms with Crippen LogP contribution < -0.4 is 0 Å². The van der Waals surface area contributed by atoms with Crippen molar-refractivity contribution < 1.29 is 25.0 Å². The standard InChI is InChI=1S/C11H36O6Si6/c1-12-18-13-20(4,5)15-22(8,9)17-23(10,11)16-21(6,7)14-19(2)3/h19H,18H2,1-11H3. The molecule has 0 heterocycles. The van der Waals surface area contributed by atoms with E-state index in [0.29, 0.717) is 0 Å². The molecule has 0 radical (unpaired) electrons. The van der Waals surface area contributed by atoms with Gasteiger partial charge in [-0.2, -0.15) is 0 Å². The van der Waals surface area contributed by atoms with Crippen LogP contribution >= 0.6 is 0 Å². The first-order valence-corrected chi connectivity index (χ1v) is 23.2. The van der Waals surface area contributed by atoms with E-state index in [1.807, 2.05) is 13.1 Å². The van der Waals surface area contributed by atoms with Gasteiger partial charge in [0.25, 0.3) is 10.0 Å². The average molecular weight is 433 g/mol. The van der Waals surface area contributed by atoms with E-state index in [9.17, 15) is 0 Å². The molecule has 0 aromatic carbocycles. The van der Waals surface area contributed by atoms with Gasteiger partial charge in [-0.25, -0.2) is 0 Å². The monoisotopic (exact) mass is 432 g/mol. The van der Waals surface area contributed by atoms with Crippen LogP contribution in [0.15, 0.2) is 0 Å². The predicted octanol–water partition coefficient (Wildman–Crippen LogP) is 2.51. The fourth-order valence-corrected chi connectivity index (χ4v) is 25.5. The minimum absolute atomic E-state index is 0.959. The molecule has 0 amide bonds. The van der Waals surface area contributed by atoms with E-state index in [4.69, 9.17) is 25.0 Å². The zero-order valence-electron chi connectivity index (χ0n) is 16.7. The molecule has 140 valence electrons. The van der Waals surface area contributed by atoms with Crippen molar-refractivity contribution >= 4 is 53.3 Å². The highest BCUT2D eigenvalue weighted by Crippen LogP contribution is 2.24. The largest absolute Gasteiger partial charge is 0.440 e. The van der Waals surface area contributed by atoms with Crippen LogP contribution in [0.3, 0.4) is 0 Å². The third-order valence-electron chi connectivity index (χ3n) is 2.52. The van der Waals surface area contributed by atoms with Crippen molar-refractivity contribution in [3.05, 3.63) is 0 Å². The van der Waals surface area contributed by atoms with Gasteiger partial charge < -0.3 is 25.0 Å². The van der Waals surface area contributed by atoms with Crippen LogP contribution in [0.25, 0.3) is 0 Å². The normalized spacial score (nSPS) is 15.1. The van der Waals surface area contributed by atoms with Crippen LogP contribution in [-0.2, 0) is 25.0 Å². The summed E-state index contributed by atoms with van der Waals surface area (Å²) in [6.07, 6.45) is 0. The Labute approximate surface area is 151 Å². The van der Waals surface area contributed by atoms with Gasteiger partial charge in [0.2, 0.25) is 0 Å². The SMILES string of the molecule is CO[SiH2]O[Si](C)(C)O[Si](C)(C)O[Si](C)(C)O[Si](C)(C)O[SiH](C)C. The molecule has 23 heavy (non-hydrogen) atoms. The Balaban J connectivity index is 4.79. The maximum Gasteiger partial charge on any atom is 0.314 e. The van der Waals surface area contributed by atoms with E-state index in [2.05, 4.69) is 52.4 Å². The second-order valence-corrected chi connectivity index (χ2v) is 26.3. The van der Waals surface area contributed by atoms with Crippen molar-refractivity contribution in [3.63, 3.8) is 0 Å². The van der Waals surface area contributed by atoms with Gasteiger partial charge in [0.05, 0.1) is 0 Å². The topological polar surface area (TPSA) is 55.4 Å². The van der Waals surface area contributed by atoms with Gasteiger partial charge in [0, 0.05) is 7.11 Å². The molecular weight excluding hydrogens is 397 g/mol. The van der Waals surface area contributed by atoms with Crippen LogP contribution in [0.1, 0.15) is 0 Å². The first-order valence-electron chi connectivity index (χ1n) is 8.01. The molecule has 0 saturated carbocycles. The Morgan fingerprint density at radius 2 is 1.04 bits per heavy atom. The third-order valence-corrected chi connectivity index (χ3v) is 22.0. The Bertz CT molecular complexity index is 363. The molecule has 0 aliphatic rings.